The first kappa shape index (κ1) is 13.0. The average molecular weight is 287 g/mol. The number of aryl methyl sites for hydroxylation is 1. The van der Waals surface area contributed by atoms with Crippen LogP contribution in [0.2, 0.25) is 0 Å². The molecule has 0 bridgehead atoms. The van der Waals surface area contributed by atoms with Crippen LogP contribution in [0.4, 0.5) is 10.2 Å². The highest BCUT2D eigenvalue weighted by molar-refractivity contribution is 7.18. The zero-order chi connectivity index (χ0) is 14.1. The molecule has 3 nitrogen and oxygen atoms in total. The summed E-state index contributed by atoms with van der Waals surface area (Å²) in [6, 6.07) is 8.89. The van der Waals surface area contributed by atoms with Crippen molar-refractivity contribution in [1.29, 1.82) is 0 Å². The molecule has 2 heterocycles. The zero-order valence-corrected chi connectivity index (χ0v) is 12.1. The number of anilines is 1. The van der Waals surface area contributed by atoms with E-state index in [-0.39, 0.29) is 5.82 Å². The predicted molar refractivity (Wildman–Crippen MR) is 80.7 cm³/mol. The SMILES string of the molecule is Cc1cc2c(N(C)Cc3ccccc3F)ncnc2s1. The van der Waals surface area contributed by atoms with Gasteiger partial charge in [-0.3, -0.25) is 0 Å². The molecule has 0 aliphatic rings. The molecule has 0 saturated heterocycles. The summed E-state index contributed by atoms with van der Waals surface area (Å²) in [5.41, 5.74) is 0.661. The van der Waals surface area contributed by atoms with Gasteiger partial charge in [-0.05, 0) is 19.1 Å². The molecule has 20 heavy (non-hydrogen) atoms. The lowest BCUT2D eigenvalue weighted by Gasteiger charge is -2.19. The molecule has 5 heteroatoms. The number of fused-ring (bicyclic) bond motifs is 1. The number of hydrogen-bond acceptors (Lipinski definition) is 4. The summed E-state index contributed by atoms with van der Waals surface area (Å²) in [5.74, 6) is 0.647. The lowest BCUT2D eigenvalue weighted by atomic mass is 10.2. The maximum atomic E-state index is 13.7. The number of rotatable bonds is 3. The van der Waals surface area contributed by atoms with Crippen LogP contribution in [0.25, 0.3) is 10.2 Å². The maximum Gasteiger partial charge on any atom is 0.140 e. The van der Waals surface area contributed by atoms with E-state index >= 15 is 0 Å². The lowest BCUT2D eigenvalue weighted by Crippen LogP contribution is -2.18. The van der Waals surface area contributed by atoms with Crippen molar-refractivity contribution in [3.8, 4) is 0 Å². The quantitative estimate of drug-likeness (QED) is 0.734. The van der Waals surface area contributed by atoms with Crippen molar-refractivity contribution in [1.82, 2.24) is 9.97 Å². The van der Waals surface area contributed by atoms with Crippen molar-refractivity contribution in [2.75, 3.05) is 11.9 Å². The molecule has 102 valence electrons. The normalized spacial score (nSPS) is 10.9. The Labute approximate surface area is 120 Å². The molecule has 0 radical (unpaired) electrons. The molecular weight excluding hydrogens is 273 g/mol. The maximum absolute atomic E-state index is 13.7. The Morgan fingerprint density at radius 3 is 2.85 bits per heavy atom. The number of hydrogen-bond donors (Lipinski definition) is 0. The monoisotopic (exact) mass is 287 g/mol. The molecule has 2 aromatic heterocycles. The Morgan fingerprint density at radius 1 is 1.25 bits per heavy atom. The minimum atomic E-state index is -0.189. The van der Waals surface area contributed by atoms with Crippen molar-refractivity contribution in [3.05, 3.63) is 52.9 Å². The van der Waals surface area contributed by atoms with E-state index in [1.54, 1.807) is 29.8 Å². The summed E-state index contributed by atoms with van der Waals surface area (Å²) in [4.78, 5) is 12.7. The van der Waals surface area contributed by atoms with Crippen molar-refractivity contribution in [2.24, 2.45) is 0 Å². The molecule has 0 aliphatic carbocycles. The summed E-state index contributed by atoms with van der Waals surface area (Å²) in [7, 11) is 1.92. The van der Waals surface area contributed by atoms with Gasteiger partial charge in [-0.2, -0.15) is 0 Å². The summed E-state index contributed by atoms with van der Waals surface area (Å²) in [5, 5.41) is 1.02. The van der Waals surface area contributed by atoms with Gasteiger partial charge in [0, 0.05) is 24.0 Å². The van der Waals surface area contributed by atoms with Gasteiger partial charge in [-0.1, -0.05) is 18.2 Å². The van der Waals surface area contributed by atoms with Gasteiger partial charge in [0.1, 0.15) is 22.8 Å². The second kappa shape index (κ2) is 5.17. The predicted octanol–water partition coefficient (Wildman–Crippen LogP) is 3.78. The highest BCUT2D eigenvalue weighted by atomic mass is 32.1. The fourth-order valence-corrected chi connectivity index (χ4v) is 3.07. The van der Waals surface area contributed by atoms with Crippen LogP contribution in [0, 0.1) is 12.7 Å². The molecule has 0 N–H and O–H groups in total. The minimum absolute atomic E-state index is 0.189. The number of aromatic nitrogens is 2. The second-order valence-electron chi connectivity index (χ2n) is 4.72. The van der Waals surface area contributed by atoms with E-state index in [2.05, 4.69) is 16.0 Å². The highest BCUT2D eigenvalue weighted by Gasteiger charge is 2.12. The third kappa shape index (κ3) is 2.36. The van der Waals surface area contributed by atoms with Crippen molar-refractivity contribution in [2.45, 2.75) is 13.5 Å². The molecule has 3 rings (SSSR count). The van der Waals surface area contributed by atoms with Gasteiger partial charge in [0.2, 0.25) is 0 Å². The average Bonchev–Trinajstić information content (AvgIpc) is 2.81. The van der Waals surface area contributed by atoms with E-state index in [0.29, 0.717) is 12.1 Å². The van der Waals surface area contributed by atoms with Crippen LogP contribution in [-0.2, 0) is 6.54 Å². The van der Waals surface area contributed by atoms with E-state index < -0.39 is 0 Å². The number of halogens is 1. The fraction of sp³-hybridized carbons (Fsp3) is 0.200. The van der Waals surface area contributed by atoms with Crippen LogP contribution < -0.4 is 4.90 Å². The van der Waals surface area contributed by atoms with Crippen LogP contribution in [0.3, 0.4) is 0 Å². The molecule has 0 atom stereocenters. The molecule has 0 amide bonds. The second-order valence-corrected chi connectivity index (χ2v) is 5.96. The van der Waals surface area contributed by atoms with Crippen LogP contribution >= 0.6 is 11.3 Å². The van der Waals surface area contributed by atoms with E-state index in [4.69, 9.17) is 0 Å². The Balaban J connectivity index is 1.97. The molecule has 0 aliphatic heterocycles. The van der Waals surface area contributed by atoms with Crippen molar-refractivity contribution in [3.63, 3.8) is 0 Å². The van der Waals surface area contributed by atoms with Gasteiger partial charge < -0.3 is 4.90 Å². The van der Waals surface area contributed by atoms with Crippen LogP contribution in [0.15, 0.2) is 36.7 Å². The smallest absolute Gasteiger partial charge is 0.140 e. The van der Waals surface area contributed by atoms with Gasteiger partial charge in [0.05, 0.1) is 5.39 Å². The minimum Gasteiger partial charge on any atom is -0.355 e. The van der Waals surface area contributed by atoms with Gasteiger partial charge in [-0.15, -0.1) is 11.3 Å². The summed E-state index contributed by atoms with van der Waals surface area (Å²) in [6.07, 6.45) is 1.56. The highest BCUT2D eigenvalue weighted by Crippen LogP contribution is 2.29. The van der Waals surface area contributed by atoms with Gasteiger partial charge in [0.15, 0.2) is 0 Å². The third-order valence-corrected chi connectivity index (χ3v) is 4.12. The van der Waals surface area contributed by atoms with Crippen LogP contribution in [0.5, 0.6) is 0 Å². The summed E-state index contributed by atoms with van der Waals surface area (Å²) >= 11 is 1.64. The zero-order valence-electron chi connectivity index (χ0n) is 11.3. The van der Waals surface area contributed by atoms with Crippen molar-refractivity contribution >= 4 is 27.4 Å². The Bertz CT molecular complexity index is 754. The molecule has 0 saturated carbocycles. The Morgan fingerprint density at radius 2 is 2.05 bits per heavy atom. The first-order valence-electron chi connectivity index (χ1n) is 6.31. The topological polar surface area (TPSA) is 29.0 Å². The number of benzene rings is 1. The third-order valence-electron chi connectivity index (χ3n) is 3.16. The lowest BCUT2D eigenvalue weighted by molar-refractivity contribution is 0.607. The van der Waals surface area contributed by atoms with E-state index in [0.717, 1.165) is 16.0 Å². The summed E-state index contributed by atoms with van der Waals surface area (Å²) in [6.45, 7) is 2.53. The van der Waals surface area contributed by atoms with Crippen LogP contribution in [0.1, 0.15) is 10.4 Å². The molecule has 3 aromatic rings. The molecule has 1 aromatic carbocycles. The Hall–Kier alpha value is -2.01. The number of thiophene rings is 1. The number of nitrogens with zero attached hydrogens (tertiary/aromatic N) is 3. The van der Waals surface area contributed by atoms with Gasteiger partial charge >= 0.3 is 0 Å². The Kier molecular flexibility index (Phi) is 3.36. The first-order chi connectivity index (χ1) is 9.65. The largest absolute Gasteiger partial charge is 0.355 e. The molecule has 0 spiro atoms. The van der Waals surface area contributed by atoms with Gasteiger partial charge in [0.25, 0.3) is 0 Å². The van der Waals surface area contributed by atoms with E-state index in [1.807, 2.05) is 24.9 Å². The van der Waals surface area contributed by atoms with E-state index in [1.165, 1.54) is 10.9 Å². The first-order valence-corrected chi connectivity index (χ1v) is 7.12. The van der Waals surface area contributed by atoms with Crippen LogP contribution in [-0.4, -0.2) is 17.0 Å². The molecule has 0 unspecified atom stereocenters. The van der Waals surface area contributed by atoms with Gasteiger partial charge in [-0.25, -0.2) is 14.4 Å². The standard InChI is InChI=1S/C15H14FN3S/c1-10-7-12-14(17-9-18-15(12)20-10)19(2)8-11-5-3-4-6-13(11)16/h3-7,9H,8H2,1-2H3. The summed E-state index contributed by atoms with van der Waals surface area (Å²) < 4.78 is 13.7. The van der Waals surface area contributed by atoms with E-state index in [9.17, 15) is 4.39 Å². The molecule has 0 fully saturated rings. The molecular formula is C15H14FN3S. The van der Waals surface area contributed by atoms with Crippen molar-refractivity contribution < 1.29 is 4.39 Å². The fourth-order valence-electron chi connectivity index (χ4n) is 2.22.